The van der Waals surface area contributed by atoms with Gasteiger partial charge < -0.3 is 20.1 Å². The van der Waals surface area contributed by atoms with Gasteiger partial charge in [0, 0.05) is 37.4 Å². The Hall–Kier alpha value is -5.31. The SMILES string of the molecule is COc1ccc(Cn2cc(CCC(=O)Nc3ccc(CCCCc4nnc(NC(=O)Cc5ccccn5)s4)nn3)nn2)cc1OC. The van der Waals surface area contributed by atoms with Crippen molar-refractivity contribution in [1.82, 2.24) is 40.4 Å². The van der Waals surface area contributed by atoms with Gasteiger partial charge in [-0.05, 0) is 61.2 Å². The Morgan fingerprint density at radius 1 is 0.804 bits per heavy atom. The molecule has 0 bridgehead atoms. The number of ether oxygens (including phenoxy) is 2. The second-order valence-corrected chi connectivity index (χ2v) is 11.4. The van der Waals surface area contributed by atoms with Crippen LogP contribution in [-0.4, -0.2) is 66.4 Å². The van der Waals surface area contributed by atoms with Crippen molar-refractivity contribution in [3.8, 4) is 11.5 Å². The van der Waals surface area contributed by atoms with Crippen LogP contribution in [0.25, 0.3) is 0 Å². The summed E-state index contributed by atoms with van der Waals surface area (Å²) in [6.45, 7) is 0.512. The second kappa shape index (κ2) is 16.1. The highest BCUT2D eigenvalue weighted by Crippen LogP contribution is 2.27. The lowest BCUT2D eigenvalue weighted by atomic mass is 10.1. The zero-order chi connectivity index (χ0) is 32.1. The van der Waals surface area contributed by atoms with Crippen LogP contribution >= 0.6 is 11.3 Å². The number of aryl methyl sites for hydroxylation is 3. The van der Waals surface area contributed by atoms with Crippen molar-refractivity contribution >= 4 is 34.1 Å². The molecule has 4 aromatic heterocycles. The number of rotatable bonds is 16. The molecular formula is C31H34N10O4S. The summed E-state index contributed by atoms with van der Waals surface area (Å²) in [7, 11) is 3.19. The van der Waals surface area contributed by atoms with Crippen molar-refractivity contribution in [2.45, 2.75) is 51.5 Å². The standard InChI is InChI=1S/C31H34N10O4S/c1-44-25-13-10-21(17-26(25)45-2)19-41-20-24(36-40-41)12-15-28(42)33-27-14-11-22(35-37-27)7-3-4-9-30-38-39-31(46-30)34-29(43)18-23-8-5-6-16-32-23/h5-6,8,10-11,13-14,16-17,20H,3-4,7,9,12,15,18-19H2,1-2H3,(H,33,37,42)(H,34,39,43). The molecule has 0 saturated heterocycles. The largest absolute Gasteiger partial charge is 0.493 e. The van der Waals surface area contributed by atoms with E-state index in [1.165, 1.54) is 11.3 Å². The molecule has 0 fully saturated rings. The number of aromatic nitrogens is 8. The first-order valence-corrected chi connectivity index (χ1v) is 15.5. The smallest absolute Gasteiger partial charge is 0.232 e. The van der Waals surface area contributed by atoms with Crippen LogP contribution in [-0.2, 0) is 41.8 Å². The van der Waals surface area contributed by atoms with E-state index in [4.69, 9.17) is 9.47 Å². The molecule has 0 saturated carbocycles. The summed E-state index contributed by atoms with van der Waals surface area (Å²) in [5.74, 6) is 1.35. The highest BCUT2D eigenvalue weighted by Gasteiger charge is 2.11. The zero-order valence-corrected chi connectivity index (χ0v) is 26.4. The maximum atomic E-state index is 12.5. The fourth-order valence-corrected chi connectivity index (χ4v) is 5.32. The van der Waals surface area contributed by atoms with Crippen LogP contribution in [0.3, 0.4) is 0 Å². The van der Waals surface area contributed by atoms with Crippen LogP contribution < -0.4 is 20.1 Å². The van der Waals surface area contributed by atoms with Gasteiger partial charge in [0.2, 0.25) is 16.9 Å². The van der Waals surface area contributed by atoms with Gasteiger partial charge in [-0.15, -0.1) is 20.4 Å². The summed E-state index contributed by atoms with van der Waals surface area (Å²) in [4.78, 5) is 28.9. The molecule has 0 aliphatic heterocycles. The summed E-state index contributed by atoms with van der Waals surface area (Å²) >= 11 is 1.37. The number of methoxy groups -OCH3 is 2. The van der Waals surface area contributed by atoms with Crippen molar-refractivity contribution in [3.63, 3.8) is 0 Å². The highest BCUT2D eigenvalue weighted by atomic mass is 32.1. The maximum absolute atomic E-state index is 12.5. The average molecular weight is 643 g/mol. The van der Waals surface area contributed by atoms with Crippen molar-refractivity contribution in [2.75, 3.05) is 24.9 Å². The van der Waals surface area contributed by atoms with E-state index in [1.54, 1.807) is 37.2 Å². The van der Waals surface area contributed by atoms with E-state index in [9.17, 15) is 9.59 Å². The van der Waals surface area contributed by atoms with E-state index < -0.39 is 0 Å². The van der Waals surface area contributed by atoms with Crippen molar-refractivity contribution < 1.29 is 19.1 Å². The molecule has 5 aromatic rings. The van der Waals surface area contributed by atoms with Crippen LogP contribution in [0.1, 0.15) is 46.9 Å². The molecule has 5 rings (SSSR count). The normalized spacial score (nSPS) is 10.8. The molecule has 2 N–H and O–H groups in total. The first kappa shape index (κ1) is 32.1. The molecule has 238 valence electrons. The molecule has 0 aliphatic rings. The lowest BCUT2D eigenvalue weighted by Gasteiger charge is -2.09. The van der Waals surface area contributed by atoms with Crippen LogP contribution in [0.5, 0.6) is 11.5 Å². The fourth-order valence-electron chi connectivity index (χ4n) is 4.52. The quantitative estimate of drug-likeness (QED) is 0.150. The molecule has 0 unspecified atom stereocenters. The molecule has 0 spiro atoms. The molecule has 15 heteroatoms. The molecular weight excluding hydrogens is 608 g/mol. The molecule has 14 nitrogen and oxygen atoms in total. The van der Waals surface area contributed by atoms with E-state index in [1.807, 2.05) is 42.6 Å². The van der Waals surface area contributed by atoms with Crippen molar-refractivity contribution in [2.24, 2.45) is 0 Å². The Labute approximate surface area is 269 Å². The molecule has 2 amide bonds. The summed E-state index contributed by atoms with van der Waals surface area (Å²) in [6.07, 6.45) is 7.61. The van der Waals surface area contributed by atoms with Gasteiger partial charge in [-0.25, -0.2) is 4.68 Å². The number of nitrogens with zero attached hydrogens (tertiary/aromatic N) is 8. The molecule has 4 heterocycles. The summed E-state index contributed by atoms with van der Waals surface area (Å²) in [5.41, 5.74) is 3.24. The van der Waals surface area contributed by atoms with Crippen LogP contribution in [0.4, 0.5) is 10.9 Å². The van der Waals surface area contributed by atoms with Crippen LogP contribution in [0.2, 0.25) is 0 Å². The van der Waals surface area contributed by atoms with Gasteiger partial charge in [0.25, 0.3) is 0 Å². The molecule has 0 radical (unpaired) electrons. The lowest BCUT2D eigenvalue weighted by molar-refractivity contribution is -0.116. The molecule has 1 aromatic carbocycles. The number of benzene rings is 1. The molecule has 0 aliphatic carbocycles. The predicted molar refractivity (Wildman–Crippen MR) is 171 cm³/mol. The average Bonchev–Trinajstić information content (AvgIpc) is 3.72. The zero-order valence-electron chi connectivity index (χ0n) is 25.5. The number of carbonyl (C=O) groups excluding carboxylic acids is 2. The Balaban J connectivity index is 0.980. The number of hydrogen-bond donors (Lipinski definition) is 2. The minimum atomic E-state index is -0.180. The van der Waals surface area contributed by atoms with Crippen molar-refractivity contribution in [1.29, 1.82) is 0 Å². The minimum absolute atomic E-state index is 0.174. The van der Waals surface area contributed by atoms with Crippen LogP contribution in [0.15, 0.2) is 60.9 Å². The van der Waals surface area contributed by atoms with Gasteiger partial charge in [0.15, 0.2) is 17.3 Å². The third-order valence-electron chi connectivity index (χ3n) is 6.83. The first-order chi connectivity index (χ1) is 22.5. The third-order valence-corrected chi connectivity index (χ3v) is 7.73. The number of unbranched alkanes of at least 4 members (excludes halogenated alkanes) is 1. The first-order valence-electron chi connectivity index (χ1n) is 14.7. The van der Waals surface area contributed by atoms with E-state index in [-0.39, 0.29) is 24.7 Å². The number of pyridine rings is 1. The maximum Gasteiger partial charge on any atom is 0.232 e. The summed E-state index contributed by atoms with van der Waals surface area (Å²) in [5, 5.41) is 31.9. The molecule has 46 heavy (non-hydrogen) atoms. The summed E-state index contributed by atoms with van der Waals surface area (Å²) < 4.78 is 12.4. The Bertz CT molecular complexity index is 1730. The van der Waals surface area contributed by atoms with E-state index in [0.29, 0.717) is 46.8 Å². The van der Waals surface area contributed by atoms with Gasteiger partial charge in [-0.1, -0.05) is 28.7 Å². The molecule has 0 atom stereocenters. The van der Waals surface area contributed by atoms with Crippen LogP contribution in [0, 0.1) is 0 Å². The van der Waals surface area contributed by atoms with Gasteiger partial charge in [-0.3, -0.25) is 14.6 Å². The Morgan fingerprint density at radius 3 is 2.46 bits per heavy atom. The highest BCUT2D eigenvalue weighted by molar-refractivity contribution is 7.15. The van der Waals surface area contributed by atoms with Gasteiger partial charge in [-0.2, -0.15) is 5.10 Å². The lowest BCUT2D eigenvalue weighted by Crippen LogP contribution is -2.14. The topological polar surface area (TPSA) is 172 Å². The number of nitrogens with one attached hydrogen (secondary N) is 2. The Morgan fingerprint density at radius 2 is 1.67 bits per heavy atom. The van der Waals surface area contributed by atoms with E-state index >= 15 is 0 Å². The minimum Gasteiger partial charge on any atom is -0.493 e. The van der Waals surface area contributed by atoms with Gasteiger partial charge in [0.05, 0.1) is 38.6 Å². The monoisotopic (exact) mass is 642 g/mol. The van der Waals surface area contributed by atoms with Gasteiger partial charge >= 0.3 is 0 Å². The van der Waals surface area contributed by atoms with Crippen molar-refractivity contribution in [3.05, 3.63) is 88.6 Å². The predicted octanol–water partition coefficient (Wildman–Crippen LogP) is 3.70. The summed E-state index contributed by atoms with van der Waals surface area (Å²) in [6, 6.07) is 14.8. The number of carbonyl (C=O) groups is 2. The van der Waals surface area contributed by atoms with Gasteiger partial charge in [0.1, 0.15) is 5.01 Å². The number of hydrogen-bond acceptors (Lipinski definition) is 12. The van der Waals surface area contributed by atoms with E-state index in [2.05, 4.69) is 46.3 Å². The fraction of sp³-hybridized carbons (Fsp3) is 0.323. The number of amides is 2. The Kier molecular flexibility index (Phi) is 11.3. The number of anilines is 2. The van der Waals surface area contributed by atoms with E-state index in [0.717, 1.165) is 41.9 Å². The third kappa shape index (κ3) is 9.59. The second-order valence-electron chi connectivity index (χ2n) is 10.3.